The fraction of sp³-hybridized carbons (Fsp3) is 0. The van der Waals surface area contributed by atoms with E-state index in [4.69, 9.17) is 0 Å². The zero-order valence-corrected chi connectivity index (χ0v) is 9.71. The van der Waals surface area contributed by atoms with E-state index in [-0.39, 0.29) is 5.78 Å². The highest BCUT2D eigenvalue weighted by atomic mass is 16.1. The fourth-order valence-corrected chi connectivity index (χ4v) is 2.00. The Morgan fingerprint density at radius 3 is 2.28 bits per heavy atom. The molecule has 2 aromatic carbocycles. The number of carbonyl (C=O) groups excluding carboxylic acids is 1. The Balaban J connectivity index is 2.07. The predicted molar refractivity (Wildman–Crippen MR) is 71.6 cm³/mol. The predicted octanol–water partition coefficient (Wildman–Crippen LogP) is 3.47. The largest absolute Gasteiger partial charge is 0.289 e. The van der Waals surface area contributed by atoms with Crippen LogP contribution in [0, 0.1) is 0 Å². The van der Waals surface area contributed by atoms with Gasteiger partial charge in [-0.1, -0.05) is 36.4 Å². The third kappa shape index (κ3) is 1.89. The first-order chi connectivity index (χ1) is 8.84. The van der Waals surface area contributed by atoms with E-state index in [0.29, 0.717) is 11.1 Å². The second-order valence-electron chi connectivity index (χ2n) is 4.13. The van der Waals surface area contributed by atoms with E-state index < -0.39 is 0 Å². The fourth-order valence-electron chi connectivity index (χ4n) is 2.00. The van der Waals surface area contributed by atoms with Crippen LogP contribution in [0.15, 0.2) is 67.0 Å². The summed E-state index contributed by atoms with van der Waals surface area (Å²) in [5.41, 5.74) is 1.38. The molecular formula is C16H11NO. The van der Waals surface area contributed by atoms with E-state index in [1.54, 1.807) is 24.5 Å². The number of hydrogen-bond donors (Lipinski definition) is 0. The maximum Gasteiger partial charge on any atom is 0.193 e. The Kier molecular flexibility index (Phi) is 2.61. The molecule has 0 N–H and O–H groups in total. The molecule has 0 saturated heterocycles. The average Bonchev–Trinajstić information content (AvgIpc) is 2.47. The molecule has 0 amide bonds. The summed E-state index contributed by atoms with van der Waals surface area (Å²) in [5, 5.41) is 2.22. The van der Waals surface area contributed by atoms with Crippen molar-refractivity contribution < 1.29 is 4.79 Å². The molecule has 0 atom stereocenters. The summed E-state index contributed by atoms with van der Waals surface area (Å²) in [4.78, 5) is 16.2. The van der Waals surface area contributed by atoms with Crippen LogP contribution in [0.25, 0.3) is 10.8 Å². The van der Waals surface area contributed by atoms with Gasteiger partial charge in [-0.3, -0.25) is 9.78 Å². The molecule has 0 aliphatic heterocycles. The van der Waals surface area contributed by atoms with Crippen LogP contribution in [0.4, 0.5) is 0 Å². The molecule has 2 heteroatoms. The average molecular weight is 233 g/mol. The molecule has 86 valence electrons. The van der Waals surface area contributed by atoms with Gasteiger partial charge in [0.25, 0.3) is 0 Å². The molecule has 18 heavy (non-hydrogen) atoms. The molecule has 0 aliphatic rings. The number of rotatable bonds is 2. The second kappa shape index (κ2) is 4.41. The van der Waals surface area contributed by atoms with Crippen LogP contribution >= 0.6 is 0 Å². The molecule has 1 aromatic heterocycles. The molecule has 3 aromatic rings. The van der Waals surface area contributed by atoms with Gasteiger partial charge in [0.15, 0.2) is 5.78 Å². The number of pyridine rings is 1. The van der Waals surface area contributed by atoms with Crippen LogP contribution in [0.5, 0.6) is 0 Å². The molecule has 0 spiro atoms. The summed E-state index contributed by atoms with van der Waals surface area (Å²) in [6.07, 6.45) is 3.27. The van der Waals surface area contributed by atoms with Gasteiger partial charge >= 0.3 is 0 Å². The van der Waals surface area contributed by atoms with Crippen molar-refractivity contribution in [3.05, 3.63) is 78.1 Å². The van der Waals surface area contributed by atoms with E-state index in [1.165, 1.54) is 0 Å². The number of benzene rings is 2. The lowest BCUT2D eigenvalue weighted by Crippen LogP contribution is -2.00. The van der Waals surface area contributed by atoms with Crippen molar-refractivity contribution in [1.82, 2.24) is 4.98 Å². The van der Waals surface area contributed by atoms with E-state index in [9.17, 15) is 4.79 Å². The van der Waals surface area contributed by atoms with Crippen molar-refractivity contribution in [2.45, 2.75) is 0 Å². The van der Waals surface area contributed by atoms with Gasteiger partial charge in [-0.25, -0.2) is 0 Å². The molecular weight excluding hydrogens is 222 g/mol. The normalized spacial score (nSPS) is 10.4. The molecule has 1 heterocycles. The van der Waals surface area contributed by atoms with Crippen molar-refractivity contribution in [3.8, 4) is 0 Å². The number of ketones is 1. The molecule has 0 aliphatic carbocycles. The van der Waals surface area contributed by atoms with Crippen LogP contribution in [0.1, 0.15) is 15.9 Å². The molecule has 0 fully saturated rings. The van der Waals surface area contributed by atoms with E-state index in [2.05, 4.69) is 4.98 Å². The quantitative estimate of drug-likeness (QED) is 0.634. The minimum absolute atomic E-state index is 0.0307. The van der Waals surface area contributed by atoms with Gasteiger partial charge in [0, 0.05) is 23.5 Å². The van der Waals surface area contributed by atoms with Crippen LogP contribution in [-0.2, 0) is 0 Å². The first kappa shape index (κ1) is 10.7. The molecule has 0 unspecified atom stereocenters. The minimum atomic E-state index is 0.0307. The van der Waals surface area contributed by atoms with Crippen molar-refractivity contribution in [2.75, 3.05) is 0 Å². The number of nitrogens with zero attached hydrogens (tertiary/aromatic N) is 1. The Hall–Kier alpha value is -2.48. The summed E-state index contributed by atoms with van der Waals surface area (Å²) < 4.78 is 0. The minimum Gasteiger partial charge on any atom is -0.289 e. The molecule has 0 radical (unpaired) electrons. The molecule has 3 rings (SSSR count). The lowest BCUT2D eigenvalue weighted by Gasteiger charge is -2.03. The third-order valence-corrected chi connectivity index (χ3v) is 2.95. The summed E-state index contributed by atoms with van der Waals surface area (Å²) in [6.45, 7) is 0. The zero-order chi connectivity index (χ0) is 12.4. The first-order valence-electron chi connectivity index (χ1n) is 5.78. The summed E-state index contributed by atoms with van der Waals surface area (Å²) in [7, 11) is 0. The SMILES string of the molecule is O=C(c1ccncc1)c1ccc2ccccc2c1. The second-order valence-corrected chi connectivity index (χ2v) is 4.13. The van der Waals surface area contributed by atoms with E-state index in [0.717, 1.165) is 10.8 Å². The first-order valence-corrected chi connectivity index (χ1v) is 5.78. The smallest absolute Gasteiger partial charge is 0.193 e. The highest BCUT2D eigenvalue weighted by molar-refractivity contribution is 6.10. The number of fused-ring (bicyclic) bond motifs is 1. The van der Waals surface area contributed by atoms with Crippen LogP contribution in [-0.4, -0.2) is 10.8 Å². The number of carbonyl (C=O) groups is 1. The molecule has 0 bridgehead atoms. The van der Waals surface area contributed by atoms with Gasteiger partial charge in [-0.2, -0.15) is 0 Å². The Morgan fingerprint density at radius 1 is 0.778 bits per heavy atom. The molecule has 2 nitrogen and oxygen atoms in total. The van der Waals surface area contributed by atoms with Gasteiger partial charge < -0.3 is 0 Å². The van der Waals surface area contributed by atoms with Crippen molar-refractivity contribution in [3.63, 3.8) is 0 Å². The maximum atomic E-state index is 12.3. The van der Waals surface area contributed by atoms with Gasteiger partial charge in [-0.05, 0) is 29.0 Å². The lowest BCUT2D eigenvalue weighted by molar-refractivity contribution is 0.103. The van der Waals surface area contributed by atoms with Crippen LogP contribution < -0.4 is 0 Å². The maximum absolute atomic E-state index is 12.3. The van der Waals surface area contributed by atoms with Crippen molar-refractivity contribution in [2.24, 2.45) is 0 Å². The summed E-state index contributed by atoms with van der Waals surface area (Å²) in [5.74, 6) is 0.0307. The third-order valence-electron chi connectivity index (χ3n) is 2.95. The summed E-state index contributed by atoms with van der Waals surface area (Å²) in [6, 6.07) is 17.3. The highest BCUT2D eigenvalue weighted by Crippen LogP contribution is 2.17. The van der Waals surface area contributed by atoms with Gasteiger partial charge in [0.2, 0.25) is 0 Å². The number of aromatic nitrogens is 1. The monoisotopic (exact) mass is 233 g/mol. The van der Waals surface area contributed by atoms with Gasteiger partial charge in [-0.15, -0.1) is 0 Å². The Labute approximate surface area is 105 Å². The zero-order valence-electron chi connectivity index (χ0n) is 9.71. The summed E-state index contributed by atoms with van der Waals surface area (Å²) >= 11 is 0. The van der Waals surface area contributed by atoms with E-state index >= 15 is 0 Å². The van der Waals surface area contributed by atoms with Crippen molar-refractivity contribution in [1.29, 1.82) is 0 Å². The highest BCUT2D eigenvalue weighted by Gasteiger charge is 2.08. The lowest BCUT2D eigenvalue weighted by atomic mass is 10.0. The Morgan fingerprint density at radius 2 is 1.50 bits per heavy atom. The van der Waals surface area contributed by atoms with Gasteiger partial charge in [0.05, 0.1) is 0 Å². The van der Waals surface area contributed by atoms with Gasteiger partial charge in [0.1, 0.15) is 0 Å². The van der Waals surface area contributed by atoms with E-state index in [1.807, 2.05) is 42.5 Å². The van der Waals surface area contributed by atoms with Crippen LogP contribution in [0.2, 0.25) is 0 Å². The standard InChI is InChI=1S/C16H11NO/c18-16(13-7-9-17-10-8-13)15-6-5-12-3-1-2-4-14(12)11-15/h1-11H. The topological polar surface area (TPSA) is 30.0 Å². The number of hydrogen-bond acceptors (Lipinski definition) is 2. The van der Waals surface area contributed by atoms with Crippen LogP contribution in [0.3, 0.4) is 0 Å². The molecule has 0 saturated carbocycles. The van der Waals surface area contributed by atoms with Crippen molar-refractivity contribution >= 4 is 16.6 Å². The Bertz CT molecular complexity index is 704.